The van der Waals surface area contributed by atoms with Gasteiger partial charge in [0.15, 0.2) is 0 Å². The van der Waals surface area contributed by atoms with Crippen molar-refractivity contribution in [3.05, 3.63) is 54.7 Å². The molecule has 0 bridgehead atoms. The normalized spacial score (nSPS) is 10.7. The molecule has 2 heterocycles. The monoisotopic (exact) mass is 323 g/mol. The molecule has 0 aliphatic carbocycles. The number of benzene rings is 1. The maximum absolute atomic E-state index is 5.61. The largest absolute Gasteiger partial charge is 0.408 e. The van der Waals surface area contributed by atoms with Gasteiger partial charge in [-0.1, -0.05) is 23.7 Å². The van der Waals surface area contributed by atoms with Crippen molar-refractivity contribution in [3.63, 3.8) is 0 Å². The smallest absolute Gasteiger partial charge is 0.320 e. The van der Waals surface area contributed by atoms with Crippen molar-refractivity contribution >= 4 is 11.7 Å². The van der Waals surface area contributed by atoms with E-state index in [1.165, 1.54) is 0 Å². The number of nitrogens with zero attached hydrogens (tertiary/aromatic N) is 3. The lowest BCUT2D eigenvalue weighted by atomic mass is 10.1. The maximum Gasteiger partial charge on any atom is 0.320 e. The van der Waals surface area contributed by atoms with Gasteiger partial charge in [-0.25, -0.2) is 0 Å². The number of pyridine rings is 1. The van der Waals surface area contributed by atoms with E-state index in [-0.39, 0.29) is 0 Å². The summed E-state index contributed by atoms with van der Waals surface area (Å²) >= 11 is 0. The molecule has 0 radical (unpaired) electrons. The van der Waals surface area contributed by atoms with Crippen LogP contribution in [0.4, 0.5) is 11.7 Å². The van der Waals surface area contributed by atoms with Gasteiger partial charge in [0.25, 0.3) is 0 Å². The Hall–Kier alpha value is -2.73. The van der Waals surface area contributed by atoms with Gasteiger partial charge in [-0.05, 0) is 54.8 Å². The van der Waals surface area contributed by atoms with Crippen LogP contribution in [-0.4, -0.2) is 21.7 Å². The second-order valence-electron chi connectivity index (χ2n) is 5.54. The number of hydrogen-bond acceptors (Lipinski definition) is 6. The summed E-state index contributed by atoms with van der Waals surface area (Å²) in [6.07, 6.45) is 7.49. The van der Waals surface area contributed by atoms with E-state index in [9.17, 15) is 0 Å². The van der Waals surface area contributed by atoms with Crippen molar-refractivity contribution in [3.8, 4) is 11.1 Å². The first-order valence-electron chi connectivity index (χ1n) is 8.15. The Morgan fingerprint density at radius 3 is 2.38 bits per heavy atom. The highest BCUT2D eigenvalue weighted by Gasteiger charge is 2.06. The summed E-state index contributed by atoms with van der Waals surface area (Å²) in [5.74, 6) is 0.655. The molecule has 6 nitrogen and oxygen atoms in total. The average molecular weight is 323 g/mol. The van der Waals surface area contributed by atoms with Crippen LogP contribution in [0.2, 0.25) is 0 Å². The Morgan fingerprint density at radius 1 is 0.875 bits per heavy atom. The van der Waals surface area contributed by atoms with Crippen LogP contribution in [0.5, 0.6) is 0 Å². The lowest BCUT2D eigenvalue weighted by molar-refractivity contribution is 0.493. The fraction of sp³-hybridized carbons (Fsp3) is 0.278. The predicted octanol–water partition coefficient (Wildman–Crippen LogP) is 3.55. The molecule has 0 saturated heterocycles. The van der Waals surface area contributed by atoms with Gasteiger partial charge in [0, 0.05) is 24.5 Å². The van der Waals surface area contributed by atoms with E-state index in [1.54, 1.807) is 12.4 Å². The zero-order chi connectivity index (χ0) is 16.6. The third kappa shape index (κ3) is 4.39. The van der Waals surface area contributed by atoms with Crippen LogP contribution in [0.15, 0.2) is 53.2 Å². The molecule has 24 heavy (non-hydrogen) atoms. The highest BCUT2D eigenvalue weighted by atomic mass is 16.4. The Balaban J connectivity index is 1.57. The van der Waals surface area contributed by atoms with Crippen LogP contribution in [0.1, 0.15) is 25.2 Å². The third-order valence-corrected chi connectivity index (χ3v) is 3.71. The number of hydrogen-bond donors (Lipinski definition) is 2. The summed E-state index contributed by atoms with van der Waals surface area (Å²) < 4.78 is 5.61. The number of aromatic nitrogens is 3. The predicted molar refractivity (Wildman–Crippen MR) is 93.9 cm³/mol. The van der Waals surface area contributed by atoms with Crippen molar-refractivity contribution in [2.24, 2.45) is 5.73 Å². The number of nitrogens with one attached hydrogen (secondary N) is 1. The van der Waals surface area contributed by atoms with Crippen LogP contribution in [0, 0.1) is 0 Å². The van der Waals surface area contributed by atoms with Gasteiger partial charge in [-0.15, -0.1) is 5.10 Å². The molecule has 0 atom stereocenters. The van der Waals surface area contributed by atoms with E-state index in [4.69, 9.17) is 10.2 Å². The number of anilines is 2. The molecule has 3 N–H and O–H groups in total. The number of nitrogens with two attached hydrogens (primary N) is 1. The van der Waals surface area contributed by atoms with Gasteiger partial charge < -0.3 is 15.5 Å². The highest BCUT2D eigenvalue weighted by Crippen LogP contribution is 2.22. The molecule has 0 unspecified atom stereocenters. The minimum absolute atomic E-state index is 0.417. The van der Waals surface area contributed by atoms with E-state index in [0.717, 1.165) is 49.0 Å². The van der Waals surface area contributed by atoms with Crippen LogP contribution < -0.4 is 11.1 Å². The minimum atomic E-state index is 0.417. The number of rotatable bonds is 8. The molecule has 2 aromatic heterocycles. The van der Waals surface area contributed by atoms with E-state index in [2.05, 4.69) is 20.5 Å². The van der Waals surface area contributed by atoms with Crippen molar-refractivity contribution < 1.29 is 4.42 Å². The van der Waals surface area contributed by atoms with E-state index in [1.807, 2.05) is 36.4 Å². The summed E-state index contributed by atoms with van der Waals surface area (Å²) in [4.78, 5) is 4.03. The first kappa shape index (κ1) is 16.1. The van der Waals surface area contributed by atoms with Crippen LogP contribution in [0.25, 0.3) is 11.1 Å². The quantitative estimate of drug-likeness (QED) is 0.616. The second kappa shape index (κ2) is 8.21. The first-order valence-corrected chi connectivity index (χ1v) is 8.15. The molecule has 3 rings (SSSR count). The van der Waals surface area contributed by atoms with Gasteiger partial charge in [0.05, 0.1) is 0 Å². The van der Waals surface area contributed by atoms with Gasteiger partial charge >= 0.3 is 6.01 Å². The lowest BCUT2D eigenvalue weighted by Crippen LogP contribution is -1.98. The number of aryl methyl sites for hydroxylation is 1. The maximum atomic E-state index is 5.61. The molecular formula is C18H21N5O. The van der Waals surface area contributed by atoms with E-state index in [0.29, 0.717) is 11.9 Å². The van der Waals surface area contributed by atoms with Crippen LogP contribution in [0.3, 0.4) is 0 Å². The lowest BCUT2D eigenvalue weighted by Gasteiger charge is -2.04. The Labute approximate surface area is 141 Å². The molecular weight excluding hydrogens is 302 g/mol. The Morgan fingerprint density at radius 2 is 1.62 bits per heavy atom. The fourth-order valence-electron chi connectivity index (χ4n) is 2.42. The summed E-state index contributed by atoms with van der Waals surface area (Å²) in [7, 11) is 0. The SMILES string of the molecule is NCCCCCc1nnc(Nc2ccc(-c3ccncc3)cc2)o1. The third-order valence-electron chi connectivity index (χ3n) is 3.71. The number of unbranched alkanes of at least 4 members (excludes halogenated alkanes) is 2. The van der Waals surface area contributed by atoms with Gasteiger partial charge in [0.2, 0.25) is 5.89 Å². The minimum Gasteiger partial charge on any atom is -0.408 e. The summed E-state index contributed by atoms with van der Waals surface area (Å²) in [6.45, 7) is 0.728. The molecule has 124 valence electrons. The molecule has 0 saturated carbocycles. The van der Waals surface area contributed by atoms with Crippen LogP contribution in [-0.2, 0) is 6.42 Å². The summed E-state index contributed by atoms with van der Waals surface area (Å²) in [5.41, 5.74) is 8.66. The molecule has 0 fully saturated rings. The Bertz CT molecular complexity index is 740. The van der Waals surface area contributed by atoms with Crippen LogP contribution >= 0.6 is 0 Å². The van der Waals surface area contributed by atoms with Crippen molar-refractivity contribution in [1.82, 2.24) is 15.2 Å². The van der Waals surface area contributed by atoms with Gasteiger partial charge in [-0.3, -0.25) is 4.98 Å². The zero-order valence-electron chi connectivity index (χ0n) is 13.5. The van der Waals surface area contributed by atoms with E-state index < -0.39 is 0 Å². The van der Waals surface area contributed by atoms with Gasteiger partial charge in [-0.2, -0.15) is 0 Å². The topological polar surface area (TPSA) is 89.9 Å². The molecule has 0 aliphatic heterocycles. The van der Waals surface area contributed by atoms with Crippen molar-refractivity contribution in [2.45, 2.75) is 25.7 Å². The van der Waals surface area contributed by atoms with Crippen molar-refractivity contribution in [2.75, 3.05) is 11.9 Å². The van der Waals surface area contributed by atoms with E-state index >= 15 is 0 Å². The van der Waals surface area contributed by atoms with Crippen molar-refractivity contribution in [1.29, 1.82) is 0 Å². The molecule has 0 aliphatic rings. The highest BCUT2D eigenvalue weighted by molar-refractivity contribution is 5.66. The zero-order valence-corrected chi connectivity index (χ0v) is 13.5. The second-order valence-corrected chi connectivity index (χ2v) is 5.54. The molecule has 6 heteroatoms. The summed E-state index contributed by atoms with van der Waals surface area (Å²) in [6, 6.07) is 12.4. The standard InChI is InChI=1S/C18H21N5O/c19-11-3-1-2-4-17-22-23-18(24-17)21-16-7-5-14(6-8-16)15-9-12-20-13-10-15/h5-10,12-13H,1-4,11,19H2,(H,21,23). The first-order chi connectivity index (χ1) is 11.8. The summed E-state index contributed by atoms with van der Waals surface area (Å²) in [5, 5.41) is 11.2. The fourth-order valence-corrected chi connectivity index (χ4v) is 2.42. The van der Waals surface area contributed by atoms with Gasteiger partial charge in [0.1, 0.15) is 0 Å². The molecule has 1 aromatic carbocycles. The molecule has 0 spiro atoms. The molecule has 3 aromatic rings. The average Bonchev–Trinajstić information content (AvgIpc) is 3.07. The Kier molecular flexibility index (Phi) is 5.52. The molecule has 0 amide bonds.